The fourth-order valence-corrected chi connectivity index (χ4v) is 2.18. The van der Waals surface area contributed by atoms with Crippen LogP contribution in [0.15, 0.2) is 12.4 Å². The summed E-state index contributed by atoms with van der Waals surface area (Å²) in [7, 11) is 0. The smallest absolute Gasteiger partial charge is 0.104 e. The second kappa shape index (κ2) is 5.53. The Balaban J connectivity index is 1.68. The third kappa shape index (κ3) is 3.85. The summed E-state index contributed by atoms with van der Waals surface area (Å²) in [4.78, 5) is 0. The lowest BCUT2D eigenvalue weighted by atomic mass is 9.96. The molecule has 0 aliphatic heterocycles. The van der Waals surface area contributed by atoms with Gasteiger partial charge < -0.3 is 0 Å². The van der Waals surface area contributed by atoms with Crippen LogP contribution in [0.1, 0.15) is 44.6 Å². The molecular formula is C14H22N4. The standard InChI is InChI=1S/C14H22N4/c1-12-9-16-18(10-12)8-4-3-7-14(2,11-15)17-13-5-6-13/h9-10,13,17H,3-8H2,1-2H3. The van der Waals surface area contributed by atoms with Crippen molar-refractivity contribution in [3.63, 3.8) is 0 Å². The topological polar surface area (TPSA) is 53.6 Å². The molecule has 0 saturated heterocycles. The van der Waals surface area contributed by atoms with Crippen molar-refractivity contribution < 1.29 is 0 Å². The molecule has 0 radical (unpaired) electrons. The van der Waals surface area contributed by atoms with Crippen molar-refractivity contribution in [3.05, 3.63) is 18.0 Å². The van der Waals surface area contributed by atoms with Crippen LogP contribution in [0.3, 0.4) is 0 Å². The van der Waals surface area contributed by atoms with Crippen molar-refractivity contribution in [1.82, 2.24) is 15.1 Å². The van der Waals surface area contributed by atoms with E-state index in [1.165, 1.54) is 18.4 Å². The zero-order valence-corrected chi connectivity index (χ0v) is 11.3. The molecule has 98 valence electrons. The third-order valence-corrected chi connectivity index (χ3v) is 3.42. The zero-order valence-electron chi connectivity index (χ0n) is 11.3. The monoisotopic (exact) mass is 246 g/mol. The van der Waals surface area contributed by atoms with Crippen LogP contribution < -0.4 is 5.32 Å². The van der Waals surface area contributed by atoms with Gasteiger partial charge in [-0.2, -0.15) is 10.4 Å². The van der Waals surface area contributed by atoms with Gasteiger partial charge in [0.25, 0.3) is 0 Å². The fourth-order valence-electron chi connectivity index (χ4n) is 2.18. The van der Waals surface area contributed by atoms with Crippen LogP contribution in [-0.2, 0) is 6.54 Å². The average Bonchev–Trinajstić information content (AvgIpc) is 3.06. The molecule has 1 atom stereocenters. The van der Waals surface area contributed by atoms with Crippen LogP contribution in [0.25, 0.3) is 0 Å². The number of nitrogens with zero attached hydrogens (tertiary/aromatic N) is 3. The van der Waals surface area contributed by atoms with Gasteiger partial charge in [0.05, 0.1) is 12.3 Å². The molecule has 2 rings (SSSR count). The maximum absolute atomic E-state index is 9.25. The highest BCUT2D eigenvalue weighted by atomic mass is 15.3. The number of hydrogen-bond acceptors (Lipinski definition) is 3. The molecule has 1 aliphatic rings. The largest absolute Gasteiger partial charge is 0.297 e. The summed E-state index contributed by atoms with van der Waals surface area (Å²) < 4.78 is 1.98. The normalized spacial score (nSPS) is 18.3. The predicted octanol–water partition coefficient (Wildman–Crippen LogP) is 2.40. The van der Waals surface area contributed by atoms with Gasteiger partial charge in [0.2, 0.25) is 0 Å². The maximum atomic E-state index is 9.25. The number of aromatic nitrogens is 2. The molecule has 18 heavy (non-hydrogen) atoms. The third-order valence-electron chi connectivity index (χ3n) is 3.42. The lowest BCUT2D eigenvalue weighted by molar-refractivity contribution is 0.389. The van der Waals surface area contributed by atoms with Crippen LogP contribution in [0.2, 0.25) is 0 Å². The summed E-state index contributed by atoms with van der Waals surface area (Å²) in [5.41, 5.74) is 0.855. The van der Waals surface area contributed by atoms with Gasteiger partial charge in [-0.1, -0.05) is 0 Å². The highest BCUT2D eigenvalue weighted by Crippen LogP contribution is 2.24. The first-order chi connectivity index (χ1) is 8.61. The van der Waals surface area contributed by atoms with Crippen LogP contribution in [-0.4, -0.2) is 21.4 Å². The molecule has 1 aromatic heterocycles. The van der Waals surface area contributed by atoms with E-state index < -0.39 is 0 Å². The summed E-state index contributed by atoms with van der Waals surface area (Å²) in [6.07, 6.45) is 9.45. The lowest BCUT2D eigenvalue weighted by Crippen LogP contribution is -2.42. The van der Waals surface area contributed by atoms with Crippen LogP contribution >= 0.6 is 0 Å². The zero-order chi connectivity index (χ0) is 13.0. The number of rotatable bonds is 7. The van der Waals surface area contributed by atoms with E-state index in [2.05, 4.69) is 29.6 Å². The van der Waals surface area contributed by atoms with Crippen LogP contribution in [0.4, 0.5) is 0 Å². The van der Waals surface area contributed by atoms with Crippen molar-refractivity contribution in [2.75, 3.05) is 0 Å². The number of nitrogens with one attached hydrogen (secondary N) is 1. The minimum absolute atomic E-state index is 0.346. The van der Waals surface area contributed by atoms with Gasteiger partial charge in [-0.15, -0.1) is 0 Å². The summed E-state index contributed by atoms with van der Waals surface area (Å²) in [6.45, 7) is 5.01. The molecule has 1 N–H and O–H groups in total. The predicted molar refractivity (Wildman–Crippen MR) is 71.0 cm³/mol. The number of unbranched alkanes of at least 4 members (excludes halogenated alkanes) is 1. The Morgan fingerprint density at radius 3 is 2.89 bits per heavy atom. The Labute approximate surface area is 109 Å². The van der Waals surface area contributed by atoms with Gasteiger partial charge in [0, 0.05) is 18.8 Å². The second-order valence-electron chi connectivity index (χ2n) is 5.60. The molecular weight excluding hydrogens is 224 g/mol. The molecule has 4 nitrogen and oxygen atoms in total. The first-order valence-corrected chi connectivity index (χ1v) is 6.79. The Morgan fingerprint density at radius 2 is 2.33 bits per heavy atom. The van der Waals surface area contributed by atoms with Gasteiger partial charge >= 0.3 is 0 Å². The van der Waals surface area contributed by atoms with Crippen molar-refractivity contribution in [2.45, 2.75) is 64.1 Å². The van der Waals surface area contributed by atoms with Gasteiger partial charge in [-0.3, -0.25) is 10.00 Å². The fraction of sp³-hybridized carbons (Fsp3) is 0.714. The van der Waals surface area contributed by atoms with Gasteiger partial charge in [-0.25, -0.2) is 0 Å². The van der Waals surface area contributed by atoms with Crippen LogP contribution in [0.5, 0.6) is 0 Å². The molecule has 1 unspecified atom stereocenters. The van der Waals surface area contributed by atoms with E-state index in [0.717, 1.165) is 25.8 Å². The summed E-state index contributed by atoms with van der Waals surface area (Å²) >= 11 is 0. The SMILES string of the molecule is Cc1cnn(CCCCC(C)(C#N)NC2CC2)c1. The van der Waals surface area contributed by atoms with E-state index in [9.17, 15) is 5.26 Å². The first-order valence-electron chi connectivity index (χ1n) is 6.79. The number of hydrogen-bond donors (Lipinski definition) is 1. The number of aryl methyl sites for hydroxylation is 2. The molecule has 1 fully saturated rings. The summed E-state index contributed by atoms with van der Waals surface area (Å²) in [5, 5.41) is 17.0. The van der Waals surface area contributed by atoms with Crippen molar-refractivity contribution >= 4 is 0 Å². The van der Waals surface area contributed by atoms with E-state index in [1.807, 2.05) is 17.8 Å². The highest BCUT2D eigenvalue weighted by molar-refractivity contribution is 5.07. The Morgan fingerprint density at radius 1 is 1.56 bits per heavy atom. The molecule has 1 aliphatic carbocycles. The molecule has 1 heterocycles. The molecule has 1 aromatic rings. The minimum Gasteiger partial charge on any atom is -0.297 e. The number of nitriles is 1. The Hall–Kier alpha value is -1.34. The summed E-state index contributed by atoms with van der Waals surface area (Å²) in [5.74, 6) is 0. The maximum Gasteiger partial charge on any atom is 0.104 e. The van der Waals surface area contributed by atoms with Gasteiger partial charge in [0.1, 0.15) is 5.54 Å². The van der Waals surface area contributed by atoms with Crippen molar-refractivity contribution in [1.29, 1.82) is 5.26 Å². The van der Waals surface area contributed by atoms with E-state index in [0.29, 0.717) is 6.04 Å². The van der Waals surface area contributed by atoms with E-state index >= 15 is 0 Å². The summed E-state index contributed by atoms with van der Waals surface area (Å²) in [6, 6.07) is 3.01. The minimum atomic E-state index is -0.346. The van der Waals surface area contributed by atoms with E-state index in [-0.39, 0.29) is 5.54 Å². The quantitative estimate of drug-likeness (QED) is 0.752. The van der Waals surface area contributed by atoms with E-state index in [1.54, 1.807) is 0 Å². The first kappa shape index (κ1) is 13.1. The second-order valence-corrected chi connectivity index (χ2v) is 5.60. The molecule has 1 saturated carbocycles. The Bertz CT molecular complexity index is 427. The molecule has 0 aromatic carbocycles. The highest BCUT2D eigenvalue weighted by Gasteiger charge is 2.31. The van der Waals surface area contributed by atoms with Gasteiger partial charge in [0.15, 0.2) is 0 Å². The molecule has 0 bridgehead atoms. The van der Waals surface area contributed by atoms with Crippen molar-refractivity contribution in [3.8, 4) is 6.07 Å². The molecule has 0 spiro atoms. The molecule has 4 heteroatoms. The van der Waals surface area contributed by atoms with E-state index in [4.69, 9.17) is 0 Å². The van der Waals surface area contributed by atoms with Crippen molar-refractivity contribution in [2.24, 2.45) is 0 Å². The van der Waals surface area contributed by atoms with Crippen LogP contribution in [0, 0.1) is 18.3 Å². The lowest BCUT2D eigenvalue weighted by Gasteiger charge is -2.23. The Kier molecular flexibility index (Phi) is 4.03. The van der Waals surface area contributed by atoms with Gasteiger partial charge in [-0.05, 0) is 51.5 Å². The molecule has 0 amide bonds. The average molecular weight is 246 g/mol.